The Labute approximate surface area is 203 Å². The molecule has 3 heterocycles. The molecule has 0 spiro atoms. The number of amides is 1. The lowest BCUT2D eigenvalue weighted by Gasteiger charge is -2.20. The molecule has 0 radical (unpaired) electrons. The second-order valence-corrected chi connectivity index (χ2v) is 9.72. The van der Waals surface area contributed by atoms with E-state index in [4.69, 9.17) is 5.41 Å². The topological polar surface area (TPSA) is 73.8 Å². The average Bonchev–Trinajstić information content (AvgIpc) is 3.30. The summed E-state index contributed by atoms with van der Waals surface area (Å²) in [5.74, 6) is -0.349. The number of carbonyl (C=O) groups excluding carboxylic acids is 1. The number of hydrogen-bond acceptors (Lipinski definition) is 4. The predicted octanol–water partition coefficient (Wildman–Crippen LogP) is 5.57. The van der Waals surface area contributed by atoms with E-state index in [-0.39, 0.29) is 11.4 Å². The molecule has 170 valence electrons. The van der Waals surface area contributed by atoms with Crippen molar-refractivity contribution < 1.29 is 4.79 Å². The number of benzene rings is 2. The van der Waals surface area contributed by atoms with E-state index >= 15 is 0 Å². The molecule has 0 saturated carbocycles. The van der Waals surface area contributed by atoms with Crippen LogP contribution in [0.25, 0.3) is 11.8 Å². The summed E-state index contributed by atoms with van der Waals surface area (Å²) >= 11 is 1.35. The fourth-order valence-electron chi connectivity index (χ4n) is 4.44. The van der Waals surface area contributed by atoms with Gasteiger partial charge in [0.05, 0.1) is 5.57 Å². The molecule has 2 aliphatic heterocycles. The Morgan fingerprint density at radius 2 is 1.71 bits per heavy atom. The van der Waals surface area contributed by atoms with Crippen LogP contribution in [-0.2, 0) is 11.2 Å². The third-order valence-electron chi connectivity index (χ3n) is 5.93. The Hall–Kier alpha value is -3.71. The summed E-state index contributed by atoms with van der Waals surface area (Å²) in [6.45, 7) is 8.26. The number of amidine groups is 2. The summed E-state index contributed by atoms with van der Waals surface area (Å²) in [5, 5.41) is 16.0. The first-order valence-corrected chi connectivity index (χ1v) is 11.9. The first kappa shape index (κ1) is 22.1. The molecular formula is C27H25N5OS. The highest BCUT2D eigenvalue weighted by molar-refractivity contribution is 8.26. The van der Waals surface area contributed by atoms with E-state index in [1.54, 1.807) is 6.08 Å². The van der Waals surface area contributed by atoms with Crippen LogP contribution in [0, 0.1) is 33.1 Å². The predicted molar refractivity (Wildman–Crippen MR) is 140 cm³/mol. The first-order chi connectivity index (χ1) is 16.3. The van der Waals surface area contributed by atoms with Crippen molar-refractivity contribution in [3.8, 4) is 5.69 Å². The highest BCUT2D eigenvalue weighted by atomic mass is 32.2. The van der Waals surface area contributed by atoms with Gasteiger partial charge in [0.25, 0.3) is 5.91 Å². The standard InChI is InChI=1S/C27H25N5OS/c1-16-10-17(2)12-22(11-16)31-18(3)13-21(19(31)4)15-23-25(28)32-27(29-26(23)33)34-24(30-32)14-20-8-6-5-7-9-20/h5-13,15,28H,14H2,1-4H3/b23-15-,28-25?. The Balaban J connectivity index is 1.47. The molecule has 2 aliphatic rings. The minimum atomic E-state index is -0.406. The van der Waals surface area contributed by atoms with Crippen LogP contribution in [0.3, 0.4) is 0 Å². The number of carbonyl (C=O) groups is 1. The van der Waals surface area contributed by atoms with Crippen LogP contribution < -0.4 is 0 Å². The minimum Gasteiger partial charge on any atom is -0.318 e. The number of aromatic nitrogens is 1. The van der Waals surface area contributed by atoms with Crippen LogP contribution in [0.2, 0.25) is 0 Å². The second-order valence-electron chi connectivity index (χ2n) is 8.68. The molecule has 34 heavy (non-hydrogen) atoms. The zero-order chi connectivity index (χ0) is 24.0. The number of thioether (sulfide) groups is 1. The molecule has 0 bridgehead atoms. The summed E-state index contributed by atoms with van der Waals surface area (Å²) in [6.07, 6.45) is 2.40. The van der Waals surface area contributed by atoms with Crippen LogP contribution in [-0.4, -0.2) is 31.5 Å². The Morgan fingerprint density at radius 3 is 2.41 bits per heavy atom. The van der Waals surface area contributed by atoms with Crippen molar-refractivity contribution in [3.63, 3.8) is 0 Å². The van der Waals surface area contributed by atoms with Crippen molar-refractivity contribution in [3.05, 3.63) is 93.8 Å². The molecule has 6 nitrogen and oxygen atoms in total. The smallest absolute Gasteiger partial charge is 0.283 e. The fraction of sp³-hybridized carbons (Fsp3) is 0.185. The zero-order valence-corrected chi connectivity index (χ0v) is 20.4. The van der Waals surface area contributed by atoms with Gasteiger partial charge in [0.15, 0.2) is 5.84 Å². The molecule has 5 rings (SSSR count). The van der Waals surface area contributed by atoms with Gasteiger partial charge in [-0.3, -0.25) is 10.2 Å². The van der Waals surface area contributed by atoms with Gasteiger partial charge < -0.3 is 4.57 Å². The molecule has 0 unspecified atom stereocenters. The number of hydrogen-bond donors (Lipinski definition) is 1. The molecule has 0 aliphatic carbocycles. The second kappa shape index (κ2) is 8.57. The summed E-state index contributed by atoms with van der Waals surface area (Å²) in [7, 11) is 0. The van der Waals surface area contributed by atoms with Crippen LogP contribution in [0.4, 0.5) is 0 Å². The van der Waals surface area contributed by atoms with Crippen LogP contribution >= 0.6 is 11.8 Å². The van der Waals surface area contributed by atoms with Gasteiger partial charge in [-0.2, -0.15) is 15.1 Å². The highest BCUT2D eigenvalue weighted by Gasteiger charge is 2.35. The van der Waals surface area contributed by atoms with Gasteiger partial charge in [-0.25, -0.2) is 0 Å². The number of aliphatic imine (C=N–C) groups is 1. The molecule has 1 aromatic heterocycles. The lowest BCUT2D eigenvalue weighted by molar-refractivity contribution is -0.114. The SMILES string of the molecule is Cc1cc(C)cc(-n2c(C)cc(/C=C3/C(=N)N4N=C(Cc5ccccc5)SC4=NC3=O)c2C)c1. The molecule has 7 heteroatoms. The van der Waals surface area contributed by atoms with Crippen LogP contribution in [0.15, 0.2) is 70.3 Å². The third kappa shape index (κ3) is 4.03. The van der Waals surface area contributed by atoms with Crippen molar-refractivity contribution in [2.24, 2.45) is 10.1 Å². The number of fused-ring (bicyclic) bond motifs is 1. The van der Waals surface area contributed by atoms with Gasteiger partial charge in [0.1, 0.15) is 5.04 Å². The normalized spacial score (nSPS) is 16.7. The number of nitrogens with one attached hydrogen (secondary N) is 1. The monoisotopic (exact) mass is 467 g/mol. The van der Waals surface area contributed by atoms with Gasteiger partial charge in [-0.15, -0.1) is 0 Å². The minimum absolute atomic E-state index is 0.0572. The van der Waals surface area contributed by atoms with Crippen molar-refractivity contribution >= 4 is 39.8 Å². The Morgan fingerprint density at radius 1 is 1.00 bits per heavy atom. The Bertz CT molecular complexity index is 1410. The number of nitrogens with zero attached hydrogens (tertiary/aromatic N) is 4. The molecule has 1 amide bonds. The van der Waals surface area contributed by atoms with Crippen LogP contribution in [0.1, 0.15) is 33.6 Å². The van der Waals surface area contributed by atoms with Crippen molar-refractivity contribution in [1.29, 1.82) is 5.41 Å². The van der Waals surface area contributed by atoms with Crippen LogP contribution in [0.5, 0.6) is 0 Å². The molecule has 3 aromatic rings. The lowest BCUT2D eigenvalue weighted by Crippen LogP contribution is -2.35. The molecule has 2 aromatic carbocycles. The molecular weight excluding hydrogens is 442 g/mol. The van der Waals surface area contributed by atoms with Crippen molar-refractivity contribution in [2.75, 3.05) is 0 Å². The fourth-order valence-corrected chi connectivity index (χ4v) is 5.36. The van der Waals surface area contributed by atoms with Crippen molar-refractivity contribution in [2.45, 2.75) is 34.1 Å². The van der Waals surface area contributed by atoms with Gasteiger partial charge in [-0.05, 0) is 86.0 Å². The molecule has 1 N–H and O–H groups in total. The molecule has 0 fully saturated rings. The number of rotatable bonds is 4. The largest absolute Gasteiger partial charge is 0.318 e. The number of aryl methyl sites for hydroxylation is 3. The molecule has 0 saturated heterocycles. The average molecular weight is 468 g/mol. The van der Waals surface area contributed by atoms with Gasteiger partial charge in [-0.1, -0.05) is 36.4 Å². The molecule has 0 atom stereocenters. The lowest BCUT2D eigenvalue weighted by atomic mass is 10.1. The maximum Gasteiger partial charge on any atom is 0.283 e. The van der Waals surface area contributed by atoms with E-state index in [1.165, 1.54) is 27.9 Å². The zero-order valence-electron chi connectivity index (χ0n) is 19.6. The van der Waals surface area contributed by atoms with Gasteiger partial charge >= 0.3 is 0 Å². The quantitative estimate of drug-likeness (QED) is 0.510. The van der Waals surface area contributed by atoms with E-state index in [2.05, 4.69) is 46.7 Å². The maximum atomic E-state index is 12.9. The maximum absolute atomic E-state index is 12.9. The van der Waals surface area contributed by atoms with Gasteiger partial charge in [0, 0.05) is 23.5 Å². The highest BCUT2D eigenvalue weighted by Crippen LogP contribution is 2.31. The summed E-state index contributed by atoms with van der Waals surface area (Å²) < 4.78 is 2.18. The summed E-state index contributed by atoms with van der Waals surface area (Å²) in [4.78, 5) is 17.1. The van der Waals surface area contributed by atoms with E-state index < -0.39 is 5.91 Å². The van der Waals surface area contributed by atoms with E-state index in [0.29, 0.717) is 11.6 Å². The summed E-state index contributed by atoms with van der Waals surface area (Å²) in [6, 6.07) is 18.5. The number of hydrazone groups is 1. The first-order valence-electron chi connectivity index (χ1n) is 11.1. The van der Waals surface area contributed by atoms with E-state index in [0.717, 1.165) is 33.2 Å². The van der Waals surface area contributed by atoms with E-state index in [1.807, 2.05) is 50.2 Å². The summed E-state index contributed by atoms with van der Waals surface area (Å²) in [5.41, 5.74) is 7.82. The third-order valence-corrected chi connectivity index (χ3v) is 6.84. The Kier molecular flexibility index (Phi) is 5.57. The van der Waals surface area contributed by atoms with E-state index in [9.17, 15) is 4.79 Å². The van der Waals surface area contributed by atoms with Gasteiger partial charge in [0.2, 0.25) is 5.17 Å². The van der Waals surface area contributed by atoms with Crippen molar-refractivity contribution in [1.82, 2.24) is 9.58 Å².